The smallest absolute Gasteiger partial charge is 0.180 e. The lowest BCUT2D eigenvalue weighted by atomic mass is 9.94. The monoisotopic (exact) mass is 226 g/mol. The molecule has 3 rings (SSSR count). The van der Waals surface area contributed by atoms with Crippen molar-refractivity contribution in [1.29, 1.82) is 0 Å². The van der Waals surface area contributed by atoms with Gasteiger partial charge in [0.1, 0.15) is 7.85 Å². The summed E-state index contributed by atoms with van der Waals surface area (Å²) < 4.78 is 0. The van der Waals surface area contributed by atoms with Gasteiger partial charge in [-0.2, -0.15) is 0 Å². The zero-order chi connectivity index (χ0) is 11.1. The van der Waals surface area contributed by atoms with E-state index in [1.54, 1.807) is 11.3 Å². The van der Waals surface area contributed by atoms with Crippen LogP contribution >= 0.6 is 11.3 Å². The van der Waals surface area contributed by atoms with Crippen molar-refractivity contribution in [3.05, 3.63) is 29.1 Å². The maximum Gasteiger partial charge on any atom is 0.180 e. The van der Waals surface area contributed by atoms with E-state index in [9.17, 15) is 0 Å². The lowest BCUT2D eigenvalue weighted by Gasteiger charge is -2.01. The number of aromatic nitrogens is 1. The molecule has 2 nitrogen and oxygen atoms in total. The van der Waals surface area contributed by atoms with Crippen molar-refractivity contribution < 1.29 is 0 Å². The molecular weight excluding hydrogens is 215 g/mol. The molecule has 1 aromatic heterocycles. The van der Waals surface area contributed by atoms with Gasteiger partial charge in [0.25, 0.3) is 0 Å². The van der Waals surface area contributed by atoms with Gasteiger partial charge in [0.15, 0.2) is 5.13 Å². The molecule has 0 saturated heterocycles. The Morgan fingerprint density at radius 2 is 1.94 bits per heavy atom. The molecule has 78 valence electrons. The quantitative estimate of drug-likeness (QED) is 0.796. The number of anilines is 1. The summed E-state index contributed by atoms with van der Waals surface area (Å²) in [6, 6.07) is 7.83. The molecule has 2 aromatic rings. The van der Waals surface area contributed by atoms with E-state index < -0.39 is 0 Å². The molecule has 1 aliphatic carbocycles. The fraction of sp³-hybridized carbons (Fsp3) is 0.250. The molecular formula is C12H11BN2S. The molecule has 16 heavy (non-hydrogen) atoms. The fourth-order valence-corrected chi connectivity index (χ4v) is 2.84. The number of benzene rings is 1. The predicted molar refractivity (Wildman–Crippen MR) is 69.3 cm³/mol. The Balaban J connectivity index is 2.07. The van der Waals surface area contributed by atoms with Gasteiger partial charge in [0, 0.05) is 10.4 Å². The third-order valence-corrected chi connectivity index (χ3v) is 3.85. The Hall–Kier alpha value is -1.29. The van der Waals surface area contributed by atoms with Crippen LogP contribution in [-0.2, 0) is 0 Å². The first-order valence-electron chi connectivity index (χ1n) is 5.36. The number of rotatable bonds is 2. The molecule has 1 heterocycles. The lowest BCUT2D eigenvalue weighted by Crippen LogP contribution is -1.99. The van der Waals surface area contributed by atoms with Crippen LogP contribution in [0.3, 0.4) is 0 Å². The summed E-state index contributed by atoms with van der Waals surface area (Å²) in [4.78, 5) is 5.76. The van der Waals surface area contributed by atoms with Crippen molar-refractivity contribution in [2.75, 3.05) is 5.73 Å². The summed E-state index contributed by atoms with van der Waals surface area (Å²) in [6.45, 7) is 0. The van der Waals surface area contributed by atoms with Crippen LogP contribution in [-0.4, -0.2) is 12.8 Å². The minimum absolute atomic E-state index is 0.661. The van der Waals surface area contributed by atoms with Crippen molar-refractivity contribution >= 4 is 29.8 Å². The van der Waals surface area contributed by atoms with E-state index in [0.717, 1.165) is 16.7 Å². The van der Waals surface area contributed by atoms with E-state index in [4.69, 9.17) is 13.6 Å². The number of nitrogens with two attached hydrogens (primary N) is 1. The van der Waals surface area contributed by atoms with Crippen molar-refractivity contribution in [3.63, 3.8) is 0 Å². The summed E-state index contributed by atoms with van der Waals surface area (Å²) in [5.41, 5.74) is 8.73. The molecule has 1 fully saturated rings. The summed E-state index contributed by atoms with van der Waals surface area (Å²) in [7, 11) is 5.68. The highest BCUT2D eigenvalue weighted by atomic mass is 32.1. The maximum absolute atomic E-state index is 5.79. The van der Waals surface area contributed by atoms with Gasteiger partial charge in [-0.15, -0.1) is 11.3 Å². The molecule has 4 heteroatoms. The van der Waals surface area contributed by atoms with Crippen molar-refractivity contribution in [2.45, 2.75) is 18.8 Å². The first kappa shape index (κ1) is 9.91. The molecule has 0 spiro atoms. The van der Waals surface area contributed by atoms with Crippen molar-refractivity contribution in [1.82, 2.24) is 4.98 Å². The second kappa shape index (κ2) is 3.63. The van der Waals surface area contributed by atoms with Crippen LogP contribution < -0.4 is 11.2 Å². The maximum atomic E-state index is 5.79. The topological polar surface area (TPSA) is 38.9 Å². The molecule has 1 saturated carbocycles. The highest BCUT2D eigenvalue weighted by Gasteiger charge is 2.29. The summed E-state index contributed by atoms with van der Waals surface area (Å²) in [5, 5.41) is 0.661. The van der Waals surface area contributed by atoms with Gasteiger partial charge in [-0.25, -0.2) is 4.98 Å². The molecule has 0 atom stereocenters. The average Bonchev–Trinajstić information content (AvgIpc) is 3.04. The van der Waals surface area contributed by atoms with Crippen LogP contribution in [0.1, 0.15) is 23.6 Å². The van der Waals surface area contributed by atoms with Gasteiger partial charge in [-0.05, 0) is 18.8 Å². The number of thiazole rings is 1. The van der Waals surface area contributed by atoms with Crippen LogP contribution in [0, 0.1) is 0 Å². The minimum atomic E-state index is 0.661. The van der Waals surface area contributed by atoms with Gasteiger partial charge in [0.2, 0.25) is 0 Å². The fourth-order valence-electron chi connectivity index (χ4n) is 1.82. The van der Waals surface area contributed by atoms with E-state index in [0.29, 0.717) is 11.0 Å². The molecule has 0 unspecified atom stereocenters. The first-order valence-corrected chi connectivity index (χ1v) is 6.18. The highest BCUT2D eigenvalue weighted by molar-refractivity contribution is 7.16. The number of nitrogen functional groups attached to an aromatic ring is 1. The summed E-state index contributed by atoms with van der Waals surface area (Å²) in [6.07, 6.45) is 2.53. The second-order valence-electron chi connectivity index (χ2n) is 4.16. The van der Waals surface area contributed by atoms with Crippen LogP contribution in [0.15, 0.2) is 24.3 Å². The van der Waals surface area contributed by atoms with Crippen LogP contribution in [0.25, 0.3) is 11.3 Å². The Kier molecular flexibility index (Phi) is 2.25. The van der Waals surface area contributed by atoms with E-state index in [-0.39, 0.29) is 0 Å². The van der Waals surface area contributed by atoms with Gasteiger partial charge in [-0.3, -0.25) is 0 Å². The summed E-state index contributed by atoms with van der Waals surface area (Å²) in [5.74, 6) is 0.683. The molecule has 0 bridgehead atoms. The second-order valence-corrected chi connectivity index (χ2v) is 5.22. The Morgan fingerprint density at radius 3 is 2.56 bits per heavy atom. The van der Waals surface area contributed by atoms with E-state index in [1.165, 1.54) is 17.7 Å². The van der Waals surface area contributed by atoms with Gasteiger partial charge in [-0.1, -0.05) is 29.7 Å². The third-order valence-electron chi connectivity index (χ3n) is 2.80. The predicted octanol–water partition coefficient (Wildman–Crippen LogP) is 2.06. The van der Waals surface area contributed by atoms with Gasteiger partial charge >= 0.3 is 0 Å². The van der Waals surface area contributed by atoms with Crippen LogP contribution in [0.5, 0.6) is 0 Å². The molecule has 2 N–H and O–H groups in total. The van der Waals surface area contributed by atoms with Crippen molar-refractivity contribution in [2.24, 2.45) is 0 Å². The third kappa shape index (κ3) is 1.73. The van der Waals surface area contributed by atoms with Crippen molar-refractivity contribution in [3.8, 4) is 11.3 Å². The van der Waals surface area contributed by atoms with Gasteiger partial charge in [0.05, 0.1) is 5.69 Å². The molecule has 2 radical (unpaired) electrons. The van der Waals surface area contributed by atoms with Gasteiger partial charge < -0.3 is 5.73 Å². The average molecular weight is 226 g/mol. The summed E-state index contributed by atoms with van der Waals surface area (Å²) >= 11 is 1.62. The normalized spacial score (nSPS) is 15.2. The van der Waals surface area contributed by atoms with E-state index in [2.05, 4.69) is 4.98 Å². The van der Waals surface area contributed by atoms with Crippen LogP contribution in [0.4, 0.5) is 5.13 Å². The number of hydrogen-bond acceptors (Lipinski definition) is 3. The number of nitrogens with zero attached hydrogens (tertiary/aromatic N) is 1. The molecule has 0 amide bonds. The molecule has 0 aliphatic heterocycles. The first-order chi connectivity index (χ1) is 7.74. The number of hydrogen-bond donors (Lipinski definition) is 1. The largest absolute Gasteiger partial charge is 0.375 e. The lowest BCUT2D eigenvalue weighted by molar-refractivity contribution is 1.16. The van der Waals surface area contributed by atoms with E-state index >= 15 is 0 Å². The Labute approximate surface area is 99.9 Å². The molecule has 1 aliphatic rings. The highest BCUT2D eigenvalue weighted by Crippen LogP contribution is 2.47. The standard InChI is InChI=1S/C12H11BN2S/c13-9-5-3-7(4-6-9)10-11(8-1-2-8)16-12(14)15-10/h3-6,8H,1-2H2,(H2,14,15). The zero-order valence-corrected chi connectivity index (χ0v) is 9.63. The van der Waals surface area contributed by atoms with Crippen LogP contribution in [0.2, 0.25) is 0 Å². The molecule has 1 aromatic carbocycles. The SMILES string of the molecule is [B]c1ccc(-c2nc(N)sc2C2CC2)cc1. The van der Waals surface area contributed by atoms with E-state index in [1.807, 2.05) is 24.3 Å². The Morgan fingerprint density at radius 1 is 1.25 bits per heavy atom. The zero-order valence-electron chi connectivity index (χ0n) is 8.81. The minimum Gasteiger partial charge on any atom is -0.375 e. The Bertz CT molecular complexity index is 514.